The fourth-order valence-electron chi connectivity index (χ4n) is 3.40. The number of piperazine rings is 1. The van der Waals surface area contributed by atoms with E-state index in [1.54, 1.807) is 4.90 Å². The van der Waals surface area contributed by atoms with Crippen LogP contribution in [0.3, 0.4) is 0 Å². The second kappa shape index (κ2) is 6.72. The van der Waals surface area contributed by atoms with Gasteiger partial charge in [0, 0.05) is 45.7 Å². The third-order valence-electron chi connectivity index (χ3n) is 4.75. The van der Waals surface area contributed by atoms with Crippen molar-refractivity contribution < 1.29 is 14.0 Å². The molecule has 0 saturated carbocycles. The Balaban J connectivity index is 1.46. The molecule has 2 fully saturated rings. The molecule has 1 aromatic heterocycles. The van der Waals surface area contributed by atoms with Crippen molar-refractivity contribution in [2.24, 2.45) is 0 Å². The van der Waals surface area contributed by atoms with Gasteiger partial charge >= 0.3 is 6.03 Å². The summed E-state index contributed by atoms with van der Waals surface area (Å²) in [6.07, 6.45) is 0.423. The molecule has 2 N–H and O–H groups in total. The number of para-hydroxylation sites is 2. The van der Waals surface area contributed by atoms with E-state index >= 15 is 0 Å². The highest BCUT2D eigenvalue weighted by Crippen LogP contribution is 2.18. The van der Waals surface area contributed by atoms with E-state index < -0.39 is 0 Å². The van der Waals surface area contributed by atoms with E-state index in [1.807, 2.05) is 24.3 Å². The lowest BCUT2D eigenvalue weighted by Crippen LogP contribution is -2.57. The lowest BCUT2D eigenvalue weighted by molar-refractivity contribution is -0.129. The number of carbonyl (C=O) groups is 2. The number of benzene rings is 1. The number of carbonyl (C=O) groups excluding carboxylic acids is 2. The van der Waals surface area contributed by atoms with Crippen LogP contribution >= 0.6 is 0 Å². The van der Waals surface area contributed by atoms with Crippen molar-refractivity contribution in [3.63, 3.8) is 0 Å². The minimum Gasteiger partial charge on any atom is -0.441 e. The van der Waals surface area contributed by atoms with Gasteiger partial charge in [0.1, 0.15) is 5.52 Å². The fraction of sp³-hybridized carbons (Fsp3) is 0.471. The standard InChI is InChI=1S/C17H21N5O3/c23-16-13(11-15-20-12-3-1-2-4-14(12)25-15)21(7-5-18-16)9-10-22-8-6-19-17(22)24/h1-4,13H,5-11H2,(H,18,23)(H,19,24)/t13-/m1/s1. The molecule has 0 aliphatic carbocycles. The molecular formula is C17H21N5O3. The van der Waals surface area contributed by atoms with Crippen LogP contribution in [-0.4, -0.2) is 72.0 Å². The normalized spacial score (nSPS) is 21.6. The van der Waals surface area contributed by atoms with Crippen molar-refractivity contribution in [3.05, 3.63) is 30.2 Å². The van der Waals surface area contributed by atoms with Crippen molar-refractivity contribution >= 4 is 23.0 Å². The van der Waals surface area contributed by atoms with E-state index in [4.69, 9.17) is 4.42 Å². The Bertz CT molecular complexity index is 756. The molecule has 0 bridgehead atoms. The molecule has 8 heteroatoms. The Kier molecular flexibility index (Phi) is 4.27. The lowest BCUT2D eigenvalue weighted by atomic mass is 10.1. The second-order valence-corrected chi connectivity index (χ2v) is 6.34. The first kappa shape index (κ1) is 15.9. The highest BCUT2D eigenvalue weighted by atomic mass is 16.3. The van der Waals surface area contributed by atoms with Gasteiger partial charge in [-0.15, -0.1) is 0 Å². The predicted octanol–water partition coefficient (Wildman–Crippen LogP) is 0.196. The Morgan fingerprint density at radius 2 is 1.96 bits per heavy atom. The third kappa shape index (κ3) is 3.30. The Labute approximate surface area is 145 Å². The minimum atomic E-state index is -0.326. The summed E-state index contributed by atoms with van der Waals surface area (Å²) in [5, 5.41) is 5.71. The van der Waals surface area contributed by atoms with Crippen molar-refractivity contribution in [3.8, 4) is 0 Å². The van der Waals surface area contributed by atoms with Gasteiger partial charge in [-0.3, -0.25) is 9.69 Å². The van der Waals surface area contributed by atoms with E-state index in [0.29, 0.717) is 45.0 Å². The summed E-state index contributed by atoms with van der Waals surface area (Å²) in [6.45, 7) is 4.05. The van der Waals surface area contributed by atoms with Crippen LogP contribution in [0.1, 0.15) is 5.89 Å². The van der Waals surface area contributed by atoms with Gasteiger partial charge in [0.05, 0.1) is 6.04 Å². The summed E-state index contributed by atoms with van der Waals surface area (Å²) in [7, 11) is 0. The van der Waals surface area contributed by atoms with Crippen molar-refractivity contribution in [1.29, 1.82) is 0 Å². The molecule has 1 atom stereocenters. The number of aromatic nitrogens is 1. The van der Waals surface area contributed by atoms with Crippen LogP contribution in [0, 0.1) is 0 Å². The maximum atomic E-state index is 12.4. The van der Waals surface area contributed by atoms with Gasteiger partial charge in [0.2, 0.25) is 5.91 Å². The zero-order chi connectivity index (χ0) is 17.2. The minimum absolute atomic E-state index is 0.0145. The van der Waals surface area contributed by atoms with Gasteiger partial charge in [0.15, 0.2) is 11.5 Å². The van der Waals surface area contributed by atoms with Gasteiger partial charge < -0.3 is 20.0 Å². The molecule has 2 aliphatic heterocycles. The van der Waals surface area contributed by atoms with Crippen molar-refractivity contribution in [2.75, 3.05) is 39.3 Å². The number of fused-ring (bicyclic) bond motifs is 1. The molecule has 1 aromatic carbocycles. The van der Waals surface area contributed by atoms with E-state index in [9.17, 15) is 9.59 Å². The number of oxazole rings is 1. The van der Waals surface area contributed by atoms with E-state index in [1.165, 1.54) is 0 Å². The molecule has 3 heterocycles. The summed E-state index contributed by atoms with van der Waals surface area (Å²) in [4.78, 5) is 32.4. The smallest absolute Gasteiger partial charge is 0.317 e. The van der Waals surface area contributed by atoms with E-state index in [2.05, 4.69) is 20.5 Å². The zero-order valence-electron chi connectivity index (χ0n) is 13.9. The highest BCUT2D eigenvalue weighted by Gasteiger charge is 2.32. The predicted molar refractivity (Wildman–Crippen MR) is 91.1 cm³/mol. The summed E-state index contributed by atoms with van der Waals surface area (Å²) in [5.74, 6) is 0.548. The number of nitrogens with one attached hydrogen (secondary N) is 2. The second-order valence-electron chi connectivity index (χ2n) is 6.34. The quantitative estimate of drug-likeness (QED) is 0.809. The monoisotopic (exact) mass is 343 g/mol. The van der Waals surface area contributed by atoms with E-state index in [-0.39, 0.29) is 18.0 Å². The maximum Gasteiger partial charge on any atom is 0.317 e. The number of urea groups is 1. The molecule has 2 saturated heterocycles. The zero-order valence-corrected chi connectivity index (χ0v) is 13.9. The van der Waals surface area contributed by atoms with Crippen LogP contribution in [0.5, 0.6) is 0 Å². The Hall–Kier alpha value is -2.61. The van der Waals surface area contributed by atoms with Crippen LogP contribution in [-0.2, 0) is 11.2 Å². The maximum absolute atomic E-state index is 12.4. The van der Waals surface area contributed by atoms with Gasteiger partial charge in [-0.25, -0.2) is 9.78 Å². The average molecular weight is 343 g/mol. The third-order valence-corrected chi connectivity index (χ3v) is 4.75. The van der Waals surface area contributed by atoms with Crippen LogP contribution in [0.25, 0.3) is 11.1 Å². The van der Waals surface area contributed by atoms with E-state index in [0.717, 1.165) is 17.6 Å². The average Bonchev–Trinajstić information content (AvgIpc) is 3.20. The lowest BCUT2D eigenvalue weighted by Gasteiger charge is -2.35. The molecule has 8 nitrogen and oxygen atoms in total. The van der Waals surface area contributed by atoms with Gasteiger partial charge in [-0.1, -0.05) is 12.1 Å². The number of amides is 3. The van der Waals surface area contributed by atoms with Gasteiger partial charge in [-0.2, -0.15) is 0 Å². The molecule has 0 spiro atoms. The Morgan fingerprint density at radius 3 is 2.76 bits per heavy atom. The molecule has 132 valence electrons. The van der Waals surface area contributed by atoms with Crippen molar-refractivity contribution in [2.45, 2.75) is 12.5 Å². The van der Waals surface area contributed by atoms with Gasteiger partial charge in [-0.05, 0) is 12.1 Å². The number of nitrogens with zero attached hydrogens (tertiary/aromatic N) is 3. The molecule has 0 radical (unpaired) electrons. The topological polar surface area (TPSA) is 90.7 Å². The van der Waals surface area contributed by atoms with Crippen LogP contribution < -0.4 is 10.6 Å². The summed E-state index contributed by atoms with van der Waals surface area (Å²) < 4.78 is 5.77. The first-order valence-electron chi connectivity index (χ1n) is 8.60. The number of rotatable bonds is 5. The molecule has 3 amide bonds. The highest BCUT2D eigenvalue weighted by molar-refractivity contribution is 5.83. The molecular weight excluding hydrogens is 322 g/mol. The molecule has 0 unspecified atom stereocenters. The first-order valence-corrected chi connectivity index (χ1v) is 8.60. The van der Waals surface area contributed by atoms with Crippen molar-refractivity contribution in [1.82, 2.24) is 25.4 Å². The fourth-order valence-corrected chi connectivity index (χ4v) is 3.40. The molecule has 2 aromatic rings. The van der Waals surface area contributed by atoms with Crippen LogP contribution in [0.15, 0.2) is 28.7 Å². The molecule has 2 aliphatic rings. The van der Waals surface area contributed by atoms with Gasteiger partial charge in [0.25, 0.3) is 0 Å². The Morgan fingerprint density at radius 1 is 1.12 bits per heavy atom. The van der Waals surface area contributed by atoms with Crippen LogP contribution in [0.2, 0.25) is 0 Å². The molecule has 25 heavy (non-hydrogen) atoms. The van der Waals surface area contributed by atoms with Crippen LogP contribution in [0.4, 0.5) is 4.79 Å². The largest absolute Gasteiger partial charge is 0.441 e. The number of hydrogen-bond acceptors (Lipinski definition) is 5. The summed E-state index contributed by atoms with van der Waals surface area (Å²) in [6, 6.07) is 7.22. The summed E-state index contributed by atoms with van der Waals surface area (Å²) in [5.41, 5.74) is 1.53. The molecule has 4 rings (SSSR count). The number of hydrogen-bond donors (Lipinski definition) is 2. The first-order chi connectivity index (χ1) is 12.2. The SMILES string of the molecule is O=C1NCCN(CCN2CCNC2=O)[C@@H]1Cc1nc2ccccc2o1. The summed E-state index contributed by atoms with van der Waals surface area (Å²) >= 11 is 0.